The van der Waals surface area contributed by atoms with Crippen molar-refractivity contribution in [3.05, 3.63) is 58.1 Å². The molecule has 1 unspecified atom stereocenters. The van der Waals surface area contributed by atoms with E-state index in [-0.39, 0.29) is 17.3 Å². The van der Waals surface area contributed by atoms with Crippen molar-refractivity contribution < 1.29 is 9.90 Å². The van der Waals surface area contributed by atoms with Gasteiger partial charge in [-0.1, -0.05) is 28.1 Å². The molecule has 0 aromatic heterocycles. The molecule has 4 nitrogen and oxygen atoms in total. The first-order valence-corrected chi connectivity index (χ1v) is 6.91. The Bertz CT molecular complexity index is 644. The topological polar surface area (TPSA) is 75.3 Å². The molecular formula is C15H15BrN2O2. The smallest absolute Gasteiger partial charge is 0.337 e. The summed E-state index contributed by atoms with van der Waals surface area (Å²) in [6.45, 7) is 2.03. The Kier molecular flexibility index (Phi) is 4.29. The minimum atomic E-state index is -1.02. The number of anilines is 2. The predicted molar refractivity (Wildman–Crippen MR) is 84.0 cm³/mol. The number of carbonyl (C=O) groups is 1. The molecule has 5 heteroatoms. The average Bonchev–Trinajstić information content (AvgIpc) is 2.38. The van der Waals surface area contributed by atoms with E-state index in [0.29, 0.717) is 0 Å². The summed E-state index contributed by atoms with van der Waals surface area (Å²) in [5.41, 5.74) is 8.02. The second-order valence-corrected chi connectivity index (χ2v) is 5.44. The van der Waals surface area contributed by atoms with Crippen molar-refractivity contribution in [2.45, 2.75) is 13.0 Å². The molecule has 0 aliphatic rings. The Hall–Kier alpha value is -2.01. The highest BCUT2D eigenvalue weighted by atomic mass is 79.9. The summed E-state index contributed by atoms with van der Waals surface area (Å²) in [6.07, 6.45) is 0. The maximum absolute atomic E-state index is 10.9. The first-order valence-electron chi connectivity index (χ1n) is 6.12. The number of benzene rings is 2. The predicted octanol–water partition coefficient (Wildman–Crippen LogP) is 3.90. The molecule has 0 saturated carbocycles. The largest absolute Gasteiger partial charge is 0.478 e. The summed E-state index contributed by atoms with van der Waals surface area (Å²) < 4.78 is 1.02. The third-order valence-corrected chi connectivity index (χ3v) is 3.51. The van der Waals surface area contributed by atoms with Crippen LogP contribution in [0.2, 0.25) is 0 Å². The van der Waals surface area contributed by atoms with Crippen LogP contribution < -0.4 is 11.1 Å². The molecular weight excluding hydrogens is 320 g/mol. The highest BCUT2D eigenvalue weighted by Crippen LogP contribution is 2.24. The number of aromatic carboxylic acids is 1. The van der Waals surface area contributed by atoms with Gasteiger partial charge in [0.2, 0.25) is 0 Å². The summed E-state index contributed by atoms with van der Waals surface area (Å²) in [4.78, 5) is 10.9. The van der Waals surface area contributed by atoms with Crippen molar-refractivity contribution in [3.63, 3.8) is 0 Å². The number of rotatable bonds is 4. The van der Waals surface area contributed by atoms with Gasteiger partial charge in [0.15, 0.2) is 0 Å². The van der Waals surface area contributed by atoms with E-state index in [1.54, 1.807) is 12.1 Å². The molecule has 0 saturated heterocycles. The number of nitrogen functional groups attached to an aromatic ring is 1. The standard InChI is InChI=1S/C15H15BrN2O2/c1-9(10-3-2-4-11(16)7-10)18-12-5-6-13(15(19)20)14(17)8-12/h2-9,18H,17H2,1H3,(H,19,20). The minimum absolute atomic E-state index is 0.0857. The van der Waals surface area contributed by atoms with Crippen molar-refractivity contribution in [3.8, 4) is 0 Å². The fourth-order valence-corrected chi connectivity index (χ4v) is 2.37. The second-order valence-electron chi connectivity index (χ2n) is 4.53. The third kappa shape index (κ3) is 3.30. The molecule has 0 bridgehead atoms. The molecule has 0 radical (unpaired) electrons. The maximum Gasteiger partial charge on any atom is 0.337 e. The lowest BCUT2D eigenvalue weighted by atomic mass is 10.1. The number of halogens is 1. The Balaban J connectivity index is 2.18. The van der Waals surface area contributed by atoms with Crippen molar-refractivity contribution in [2.24, 2.45) is 0 Å². The first-order chi connectivity index (χ1) is 9.47. The van der Waals surface area contributed by atoms with Crippen LogP contribution in [0.1, 0.15) is 28.9 Å². The van der Waals surface area contributed by atoms with Crippen LogP contribution in [-0.2, 0) is 0 Å². The van der Waals surface area contributed by atoms with Crippen LogP contribution in [0.4, 0.5) is 11.4 Å². The van der Waals surface area contributed by atoms with E-state index >= 15 is 0 Å². The summed E-state index contributed by atoms with van der Waals surface area (Å²) in [7, 11) is 0. The molecule has 2 aromatic carbocycles. The number of carboxylic acids is 1. The molecule has 104 valence electrons. The molecule has 1 atom stereocenters. The van der Waals surface area contributed by atoms with Gasteiger partial charge < -0.3 is 16.2 Å². The lowest BCUT2D eigenvalue weighted by molar-refractivity contribution is 0.0698. The average molecular weight is 335 g/mol. The van der Waals surface area contributed by atoms with Gasteiger partial charge >= 0.3 is 5.97 Å². The van der Waals surface area contributed by atoms with Crippen LogP contribution in [0.25, 0.3) is 0 Å². The van der Waals surface area contributed by atoms with Crippen molar-refractivity contribution in [1.29, 1.82) is 0 Å². The summed E-state index contributed by atoms with van der Waals surface area (Å²) in [5.74, 6) is -1.02. The fraction of sp³-hybridized carbons (Fsp3) is 0.133. The molecule has 0 amide bonds. The fourth-order valence-electron chi connectivity index (χ4n) is 1.96. The normalized spacial score (nSPS) is 11.9. The van der Waals surface area contributed by atoms with E-state index in [4.69, 9.17) is 10.8 Å². The van der Waals surface area contributed by atoms with Gasteiger partial charge in [-0.3, -0.25) is 0 Å². The van der Waals surface area contributed by atoms with E-state index in [2.05, 4.69) is 21.2 Å². The Morgan fingerprint density at radius 1 is 1.30 bits per heavy atom. The Morgan fingerprint density at radius 2 is 2.05 bits per heavy atom. The lowest BCUT2D eigenvalue weighted by Crippen LogP contribution is -2.08. The van der Waals surface area contributed by atoms with Crippen molar-refractivity contribution >= 4 is 33.3 Å². The van der Waals surface area contributed by atoms with E-state index in [0.717, 1.165) is 15.7 Å². The van der Waals surface area contributed by atoms with Gasteiger partial charge in [-0.05, 0) is 42.8 Å². The summed E-state index contributed by atoms with van der Waals surface area (Å²) in [5, 5.41) is 12.2. The van der Waals surface area contributed by atoms with Crippen molar-refractivity contribution in [2.75, 3.05) is 11.1 Å². The zero-order chi connectivity index (χ0) is 14.7. The zero-order valence-corrected chi connectivity index (χ0v) is 12.5. The molecule has 2 rings (SSSR count). The van der Waals surface area contributed by atoms with E-state index in [9.17, 15) is 4.79 Å². The molecule has 0 heterocycles. The number of hydrogen-bond donors (Lipinski definition) is 3. The van der Waals surface area contributed by atoms with Crippen LogP contribution in [0.3, 0.4) is 0 Å². The summed E-state index contributed by atoms with van der Waals surface area (Å²) >= 11 is 3.44. The van der Waals surface area contributed by atoms with E-state index in [1.807, 2.05) is 31.2 Å². The van der Waals surface area contributed by atoms with Crippen LogP contribution in [0, 0.1) is 0 Å². The molecule has 20 heavy (non-hydrogen) atoms. The van der Waals surface area contributed by atoms with Crippen molar-refractivity contribution in [1.82, 2.24) is 0 Å². The SMILES string of the molecule is CC(Nc1ccc(C(=O)O)c(N)c1)c1cccc(Br)c1. The van der Waals surface area contributed by atoms with Gasteiger partial charge in [-0.25, -0.2) is 4.79 Å². The quantitative estimate of drug-likeness (QED) is 0.741. The summed E-state index contributed by atoms with van der Waals surface area (Å²) in [6, 6.07) is 12.9. The lowest BCUT2D eigenvalue weighted by Gasteiger charge is -2.16. The molecule has 0 fully saturated rings. The minimum Gasteiger partial charge on any atom is -0.478 e. The van der Waals surface area contributed by atoms with Crippen LogP contribution in [0.15, 0.2) is 46.9 Å². The number of nitrogens with two attached hydrogens (primary N) is 1. The molecule has 2 aromatic rings. The second kappa shape index (κ2) is 5.96. The number of carboxylic acid groups (broad SMARTS) is 1. The Morgan fingerprint density at radius 3 is 2.65 bits per heavy atom. The van der Waals surface area contributed by atoms with Gasteiger partial charge in [0.1, 0.15) is 0 Å². The highest BCUT2D eigenvalue weighted by Gasteiger charge is 2.10. The van der Waals surface area contributed by atoms with Gasteiger partial charge in [0.05, 0.1) is 5.56 Å². The molecule has 0 aliphatic heterocycles. The van der Waals surface area contributed by atoms with Crippen LogP contribution >= 0.6 is 15.9 Å². The number of hydrogen-bond acceptors (Lipinski definition) is 3. The van der Waals surface area contributed by atoms with Gasteiger partial charge in [-0.15, -0.1) is 0 Å². The van der Waals surface area contributed by atoms with Gasteiger partial charge in [0, 0.05) is 21.9 Å². The van der Waals surface area contributed by atoms with Gasteiger partial charge in [-0.2, -0.15) is 0 Å². The number of nitrogens with one attached hydrogen (secondary N) is 1. The molecule has 4 N–H and O–H groups in total. The molecule has 0 spiro atoms. The zero-order valence-electron chi connectivity index (χ0n) is 10.9. The van der Waals surface area contributed by atoms with Crippen LogP contribution in [0.5, 0.6) is 0 Å². The maximum atomic E-state index is 10.9. The van der Waals surface area contributed by atoms with E-state index in [1.165, 1.54) is 6.07 Å². The third-order valence-electron chi connectivity index (χ3n) is 3.01. The molecule has 0 aliphatic carbocycles. The van der Waals surface area contributed by atoms with Crippen LogP contribution in [-0.4, -0.2) is 11.1 Å². The monoisotopic (exact) mass is 334 g/mol. The Labute approximate surface area is 125 Å². The highest BCUT2D eigenvalue weighted by molar-refractivity contribution is 9.10. The van der Waals surface area contributed by atoms with Gasteiger partial charge in [0.25, 0.3) is 0 Å². The van der Waals surface area contributed by atoms with E-state index < -0.39 is 5.97 Å². The first kappa shape index (κ1) is 14.4.